The van der Waals surface area contributed by atoms with Crippen molar-refractivity contribution in [2.24, 2.45) is 0 Å². The number of likely N-dealkylation sites (tertiary alicyclic amines) is 1. The van der Waals surface area contributed by atoms with E-state index in [-0.39, 0.29) is 6.10 Å². The first-order valence-electron chi connectivity index (χ1n) is 8.30. The minimum Gasteiger partial charge on any atom is -0.488 e. The summed E-state index contributed by atoms with van der Waals surface area (Å²) in [5.74, 6) is 1.45. The second-order valence-corrected chi connectivity index (χ2v) is 6.30. The van der Waals surface area contributed by atoms with Crippen LogP contribution in [0.25, 0.3) is 0 Å². The molecule has 1 aliphatic rings. The first-order valence-corrected chi connectivity index (χ1v) is 8.71. The van der Waals surface area contributed by atoms with Crippen molar-refractivity contribution in [1.82, 2.24) is 14.9 Å². The molecule has 0 saturated carbocycles. The standard InChI is InChI=1S/C18H22N4O2S/c1-13-16(4-3-9-19-13)24-15-7-10-22(11-8-15)18(25)21-14-5-6-17(23-2)20-12-14/h3-6,9,12,15H,7-8,10-11H2,1-2H3,(H,21,25). The van der Waals surface area contributed by atoms with E-state index in [0.29, 0.717) is 11.0 Å². The first-order chi connectivity index (χ1) is 12.2. The average molecular weight is 358 g/mol. The molecule has 0 radical (unpaired) electrons. The summed E-state index contributed by atoms with van der Waals surface area (Å²) in [6.45, 7) is 3.69. The van der Waals surface area contributed by atoms with Crippen molar-refractivity contribution in [2.75, 3.05) is 25.5 Å². The van der Waals surface area contributed by atoms with Crippen LogP contribution in [0.5, 0.6) is 11.6 Å². The highest BCUT2D eigenvalue weighted by molar-refractivity contribution is 7.80. The molecule has 0 spiro atoms. The van der Waals surface area contributed by atoms with Gasteiger partial charge in [0.1, 0.15) is 11.9 Å². The number of nitrogens with one attached hydrogen (secondary N) is 1. The van der Waals surface area contributed by atoms with E-state index in [1.807, 2.05) is 25.1 Å². The molecule has 0 aromatic carbocycles. The van der Waals surface area contributed by atoms with Gasteiger partial charge >= 0.3 is 0 Å². The van der Waals surface area contributed by atoms with Crippen molar-refractivity contribution >= 4 is 23.0 Å². The Bertz CT molecular complexity index is 715. The summed E-state index contributed by atoms with van der Waals surface area (Å²) in [5.41, 5.74) is 1.78. The molecule has 6 nitrogen and oxygen atoms in total. The number of hydrogen-bond donors (Lipinski definition) is 1. The predicted molar refractivity (Wildman–Crippen MR) is 101 cm³/mol. The predicted octanol–water partition coefficient (Wildman–Crippen LogP) is 3.03. The Morgan fingerprint density at radius 2 is 2.04 bits per heavy atom. The van der Waals surface area contributed by atoms with Crippen molar-refractivity contribution in [2.45, 2.75) is 25.9 Å². The zero-order valence-corrected chi connectivity index (χ0v) is 15.3. The average Bonchev–Trinajstić information content (AvgIpc) is 2.65. The number of aromatic nitrogens is 2. The SMILES string of the molecule is COc1ccc(NC(=S)N2CCC(Oc3cccnc3C)CC2)cn1. The molecule has 1 aliphatic heterocycles. The van der Waals surface area contributed by atoms with Gasteiger partial charge in [-0.15, -0.1) is 0 Å². The van der Waals surface area contributed by atoms with Crippen LogP contribution in [0.3, 0.4) is 0 Å². The molecule has 0 atom stereocenters. The van der Waals surface area contributed by atoms with Gasteiger partial charge in [0.05, 0.1) is 24.7 Å². The summed E-state index contributed by atoms with van der Waals surface area (Å²) in [7, 11) is 1.60. The van der Waals surface area contributed by atoms with Crippen LogP contribution in [-0.2, 0) is 0 Å². The van der Waals surface area contributed by atoms with Gasteiger partial charge in [0, 0.05) is 38.2 Å². The van der Waals surface area contributed by atoms with E-state index in [1.54, 1.807) is 25.6 Å². The molecule has 1 fully saturated rings. The largest absolute Gasteiger partial charge is 0.488 e. The fourth-order valence-corrected chi connectivity index (χ4v) is 3.03. The van der Waals surface area contributed by atoms with Crippen LogP contribution in [0.4, 0.5) is 5.69 Å². The highest BCUT2D eigenvalue weighted by atomic mass is 32.1. The quantitative estimate of drug-likeness (QED) is 0.843. The Labute approximate surface area is 153 Å². The van der Waals surface area contributed by atoms with Gasteiger partial charge in [-0.05, 0) is 37.3 Å². The molecule has 0 bridgehead atoms. The summed E-state index contributed by atoms with van der Waals surface area (Å²) in [5, 5.41) is 3.94. The molecular formula is C18H22N4O2S. The fraction of sp³-hybridized carbons (Fsp3) is 0.389. The molecule has 2 aromatic rings. The van der Waals surface area contributed by atoms with Crippen LogP contribution in [0, 0.1) is 6.92 Å². The summed E-state index contributed by atoms with van der Waals surface area (Å²) in [6, 6.07) is 7.58. The zero-order chi connectivity index (χ0) is 17.6. The molecule has 1 N–H and O–H groups in total. The molecular weight excluding hydrogens is 336 g/mol. The van der Waals surface area contributed by atoms with Crippen molar-refractivity contribution in [1.29, 1.82) is 0 Å². The van der Waals surface area contributed by atoms with Crippen LogP contribution in [0.2, 0.25) is 0 Å². The number of rotatable bonds is 4. The van der Waals surface area contributed by atoms with Crippen molar-refractivity contribution < 1.29 is 9.47 Å². The number of hydrogen-bond acceptors (Lipinski definition) is 5. The number of thiocarbonyl (C=S) groups is 1. The minimum atomic E-state index is 0.199. The maximum absolute atomic E-state index is 6.08. The number of nitrogens with zero attached hydrogens (tertiary/aromatic N) is 3. The second kappa shape index (κ2) is 8.11. The number of pyridine rings is 2. The third-order valence-corrected chi connectivity index (χ3v) is 4.54. The van der Waals surface area contributed by atoms with E-state index in [0.717, 1.165) is 43.1 Å². The van der Waals surface area contributed by atoms with Gasteiger partial charge in [-0.25, -0.2) is 4.98 Å². The molecule has 0 unspecified atom stereocenters. The van der Waals surface area contributed by atoms with Crippen LogP contribution in [0.1, 0.15) is 18.5 Å². The molecule has 1 saturated heterocycles. The van der Waals surface area contributed by atoms with Gasteiger partial charge in [0.15, 0.2) is 5.11 Å². The third kappa shape index (κ3) is 4.57. The maximum Gasteiger partial charge on any atom is 0.213 e. The summed E-state index contributed by atoms with van der Waals surface area (Å²) >= 11 is 5.51. The van der Waals surface area contributed by atoms with Gasteiger partial charge in [-0.3, -0.25) is 4.98 Å². The number of methoxy groups -OCH3 is 1. The lowest BCUT2D eigenvalue weighted by Crippen LogP contribution is -2.43. The monoisotopic (exact) mass is 358 g/mol. The molecule has 132 valence electrons. The minimum absolute atomic E-state index is 0.199. The van der Waals surface area contributed by atoms with Crippen molar-refractivity contribution in [3.8, 4) is 11.6 Å². The molecule has 2 aromatic heterocycles. The van der Waals surface area contributed by atoms with Gasteiger partial charge in [0.25, 0.3) is 0 Å². The summed E-state index contributed by atoms with van der Waals surface area (Å²) in [6.07, 6.45) is 5.55. The van der Waals surface area contributed by atoms with Crippen molar-refractivity contribution in [3.63, 3.8) is 0 Å². The van der Waals surface area contributed by atoms with Crippen molar-refractivity contribution in [3.05, 3.63) is 42.4 Å². The number of anilines is 1. The molecule has 7 heteroatoms. The second-order valence-electron chi connectivity index (χ2n) is 5.91. The van der Waals surface area contributed by atoms with Crippen LogP contribution < -0.4 is 14.8 Å². The Kier molecular flexibility index (Phi) is 5.65. The molecule has 3 heterocycles. The van der Waals surface area contributed by atoms with E-state index in [2.05, 4.69) is 20.2 Å². The number of ether oxygens (including phenoxy) is 2. The van der Waals surface area contributed by atoms with E-state index < -0.39 is 0 Å². The summed E-state index contributed by atoms with van der Waals surface area (Å²) < 4.78 is 11.1. The highest BCUT2D eigenvalue weighted by Crippen LogP contribution is 2.21. The lowest BCUT2D eigenvalue weighted by atomic mass is 10.1. The Morgan fingerprint density at radius 3 is 2.68 bits per heavy atom. The molecule has 25 heavy (non-hydrogen) atoms. The van der Waals surface area contributed by atoms with E-state index in [1.165, 1.54) is 0 Å². The number of piperidine rings is 1. The zero-order valence-electron chi connectivity index (χ0n) is 14.4. The van der Waals surface area contributed by atoms with Crippen LogP contribution in [-0.4, -0.2) is 46.3 Å². The van der Waals surface area contributed by atoms with Gasteiger partial charge in [0.2, 0.25) is 5.88 Å². The highest BCUT2D eigenvalue weighted by Gasteiger charge is 2.22. The molecule has 3 rings (SSSR count). The maximum atomic E-state index is 6.08. The first kappa shape index (κ1) is 17.4. The van der Waals surface area contributed by atoms with Crippen LogP contribution >= 0.6 is 12.2 Å². The Morgan fingerprint density at radius 1 is 1.24 bits per heavy atom. The normalized spacial score (nSPS) is 14.9. The Hall–Kier alpha value is -2.41. The van der Waals surface area contributed by atoms with Gasteiger partial charge in [-0.2, -0.15) is 0 Å². The van der Waals surface area contributed by atoms with E-state index >= 15 is 0 Å². The lowest BCUT2D eigenvalue weighted by Gasteiger charge is -2.34. The number of aryl methyl sites for hydroxylation is 1. The molecule has 0 aliphatic carbocycles. The van der Waals surface area contributed by atoms with Crippen LogP contribution in [0.15, 0.2) is 36.7 Å². The van der Waals surface area contributed by atoms with Gasteiger partial charge in [-0.1, -0.05) is 0 Å². The molecule has 0 amide bonds. The van der Waals surface area contributed by atoms with Gasteiger partial charge < -0.3 is 19.7 Å². The lowest BCUT2D eigenvalue weighted by molar-refractivity contribution is 0.130. The van der Waals surface area contributed by atoms with E-state index in [9.17, 15) is 0 Å². The topological polar surface area (TPSA) is 59.5 Å². The smallest absolute Gasteiger partial charge is 0.213 e. The summed E-state index contributed by atoms with van der Waals surface area (Å²) in [4.78, 5) is 10.6. The Balaban J connectivity index is 1.49. The fourth-order valence-electron chi connectivity index (χ4n) is 2.73. The third-order valence-electron chi connectivity index (χ3n) is 4.18. The van der Waals surface area contributed by atoms with E-state index in [4.69, 9.17) is 21.7 Å².